The molecule has 22 heavy (non-hydrogen) atoms. The van der Waals surface area contributed by atoms with E-state index in [2.05, 4.69) is 5.32 Å². The van der Waals surface area contributed by atoms with Crippen molar-refractivity contribution in [2.45, 2.75) is 68.7 Å². The number of hydrogen-bond donors (Lipinski definition) is 4. The molecule has 7 atom stereocenters. The van der Waals surface area contributed by atoms with Gasteiger partial charge in [0, 0.05) is 7.05 Å². The summed E-state index contributed by atoms with van der Waals surface area (Å²) in [7, 11) is 1.49. The van der Waals surface area contributed by atoms with Crippen molar-refractivity contribution in [1.29, 1.82) is 0 Å². The third-order valence-electron chi connectivity index (χ3n) is 5.66. The van der Waals surface area contributed by atoms with Crippen LogP contribution in [0.25, 0.3) is 0 Å². The maximum absolute atomic E-state index is 11.8. The first kappa shape index (κ1) is 16.0. The van der Waals surface area contributed by atoms with Crippen molar-refractivity contribution in [1.82, 2.24) is 5.32 Å². The second-order valence-electron chi connectivity index (χ2n) is 6.94. The highest BCUT2D eigenvalue weighted by atomic mass is 16.6. The Kier molecular flexibility index (Phi) is 4.09. The van der Waals surface area contributed by atoms with Gasteiger partial charge in [0.25, 0.3) is 0 Å². The maximum Gasteiger partial charge on any atom is 0.407 e. The number of fused-ring (bicyclic) bond motifs is 1. The van der Waals surface area contributed by atoms with Crippen LogP contribution >= 0.6 is 0 Å². The van der Waals surface area contributed by atoms with Gasteiger partial charge in [0.1, 0.15) is 30.0 Å². The molecule has 7 heteroatoms. The average molecular weight is 315 g/mol. The molecule has 126 valence electrons. The van der Waals surface area contributed by atoms with Crippen molar-refractivity contribution in [2.24, 2.45) is 11.8 Å². The fourth-order valence-corrected chi connectivity index (χ4v) is 4.24. The second-order valence-corrected chi connectivity index (χ2v) is 6.94. The van der Waals surface area contributed by atoms with E-state index in [4.69, 9.17) is 9.47 Å². The first-order valence-electron chi connectivity index (χ1n) is 7.98. The number of carbonyl (C=O) groups excluding carboxylic acids is 1. The largest absolute Gasteiger partial charge is 0.440 e. The molecule has 7 nitrogen and oxygen atoms in total. The van der Waals surface area contributed by atoms with Crippen LogP contribution in [0.15, 0.2) is 0 Å². The molecule has 0 aromatic heterocycles. The molecule has 7 unspecified atom stereocenters. The van der Waals surface area contributed by atoms with E-state index in [0.717, 1.165) is 12.8 Å². The predicted octanol–water partition coefficient (Wildman–Crippen LogP) is -0.229. The standard InChI is InChI=1S/C15H25NO6/c1-7-10(17)11(18)12(19)13(21-7)15(22-14(20)16-2)5-8-3-4-9(8)6-15/h7-13,17-19H,3-6H2,1-2H3,(H,16,20). The zero-order valence-electron chi connectivity index (χ0n) is 12.9. The van der Waals surface area contributed by atoms with Crippen molar-refractivity contribution < 1.29 is 29.6 Å². The Bertz CT molecular complexity index is 432. The highest BCUT2D eigenvalue weighted by molar-refractivity contribution is 5.67. The van der Waals surface area contributed by atoms with Crippen LogP contribution in [0.2, 0.25) is 0 Å². The summed E-state index contributed by atoms with van der Waals surface area (Å²) in [6, 6.07) is 0. The van der Waals surface area contributed by atoms with E-state index in [-0.39, 0.29) is 0 Å². The Labute approximate surface area is 129 Å². The number of hydrogen-bond acceptors (Lipinski definition) is 6. The predicted molar refractivity (Wildman–Crippen MR) is 76.1 cm³/mol. The van der Waals surface area contributed by atoms with Crippen LogP contribution in [0.1, 0.15) is 32.6 Å². The quantitative estimate of drug-likeness (QED) is 0.561. The van der Waals surface area contributed by atoms with Crippen LogP contribution in [0.5, 0.6) is 0 Å². The van der Waals surface area contributed by atoms with E-state index in [0.29, 0.717) is 24.7 Å². The lowest BCUT2D eigenvalue weighted by atomic mass is 9.77. The summed E-state index contributed by atoms with van der Waals surface area (Å²) in [6.45, 7) is 1.64. The van der Waals surface area contributed by atoms with Crippen molar-refractivity contribution in [3.8, 4) is 0 Å². The number of ether oxygens (including phenoxy) is 2. The van der Waals surface area contributed by atoms with Crippen molar-refractivity contribution in [2.75, 3.05) is 7.05 Å². The Hall–Kier alpha value is -0.890. The van der Waals surface area contributed by atoms with Gasteiger partial charge in [-0.3, -0.25) is 0 Å². The van der Waals surface area contributed by atoms with Gasteiger partial charge in [-0.1, -0.05) is 0 Å². The van der Waals surface area contributed by atoms with Gasteiger partial charge in [-0.05, 0) is 44.4 Å². The molecular weight excluding hydrogens is 290 g/mol. The van der Waals surface area contributed by atoms with Gasteiger partial charge in [0.2, 0.25) is 0 Å². The summed E-state index contributed by atoms with van der Waals surface area (Å²) in [4.78, 5) is 11.8. The Morgan fingerprint density at radius 2 is 1.73 bits per heavy atom. The van der Waals surface area contributed by atoms with Crippen LogP contribution in [0.4, 0.5) is 4.79 Å². The van der Waals surface area contributed by atoms with Crippen molar-refractivity contribution >= 4 is 6.09 Å². The first-order valence-corrected chi connectivity index (χ1v) is 7.98. The number of carbonyl (C=O) groups is 1. The number of alkyl carbamates (subject to hydrolysis) is 1. The summed E-state index contributed by atoms with van der Waals surface area (Å²) in [5, 5.41) is 32.7. The van der Waals surface area contributed by atoms with E-state index >= 15 is 0 Å². The highest BCUT2D eigenvalue weighted by Gasteiger charge is 2.61. The molecular formula is C15H25NO6. The maximum atomic E-state index is 11.8. The van der Waals surface area contributed by atoms with Gasteiger partial charge < -0.3 is 30.1 Å². The van der Waals surface area contributed by atoms with Gasteiger partial charge in [-0.15, -0.1) is 0 Å². The van der Waals surface area contributed by atoms with Gasteiger partial charge in [-0.2, -0.15) is 0 Å². The molecule has 3 rings (SSSR count). The smallest absolute Gasteiger partial charge is 0.407 e. The lowest BCUT2D eigenvalue weighted by Gasteiger charge is -2.46. The summed E-state index contributed by atoms with van der Waals surface area (Å²) in [6.07, 6.45) is -2.34. The summed E-state index contributed by atoms with van der Waals surface area (Å²) in [5.41, 5.74) is -0.944. The summed E-state index contributed by atoms with van der Waals surface area (Å²) in [5.74, 6) is 0.944. The van der Waals surface area contributed by atoms with Crippen molar-refractivity contribution in [3.05, 3.63) is 0 Å². The molecule has 1 heterocycles. The number of aliphatic hydroxyl groups excluding tert-OH is 3. The van der Waals surface area contributed by atoms with E-state index in [9.17, 15) is 20.1 Å². The molecule has 2 aliphatic carbocycles. The molecule has 1 amide bonds. The number of amides is 1. The van der Waals surface area contributed by atoms with E-state index in [1.807, 2.05) is 0 Å². The molecule has 0 bridgehead atoms. The van der Waals surface area contributed by atoms with Crippen LogP contribution < -0.4 is 5.32 Å². The summed E-state index contributed by atoms with van der Waals surface area (Å²) < 4.78 is 11.4. The molecule has 3 fully saturated rings. The third kappa shape index (κ3) is 2.40. The zero-order chi connectivity index (χ0) is 16.1. The number of aliphatic hydroxyl groups is 3. The van der Waals surface area contributed by atoms with Crippen LogP contribution in [-0.4, -0.2) is 64.6 Å². The molecule has 2 saturated carbocycles. The van der Waals surface area contributed by atoms with Gasteiger partial charge in [0.05, 0.1) is 6.10 Å². The van der Waals surface area contributed by atoms with Crippen molar-refractivity contribution in [3.63, 3.8) is 0 Å². The highest BCUT2D eigenvalue weighted by Crippen LogP contribution is 2.55. The molecule has 0 spiro atoms. The minimum atomic E-state index is -1.31. The zero-order valence-corrected chi connectivity index (χ0v) is 12.9. The van der Waals surface area contributed by atoms with Gasteiger partial charge >= 0.3 is 6.09 Å². The molecule has 0 aromatic carbocycles. The average Bonchev–Trinajstić information content (AvgIpc) is 2.73. The molecule has 3 aliphatic rings. The third-order valence-corrected chi connectivity index (χ3v) is 5.66. The van der Waals surface area contributed by atoms with Crippen LogP contribution in [0.3, 0.4) is 0 Å². The second kappa shape index (κ2) is 5.63. The molecule has 1 saturated heterocycles. The molecule has 1 aliphatic heterocycles. The number of nitrogens with one attached hydrogen (secondary N) is 1. The Balaban J connectivity index is 1.87. The molecule has 4 N–H and O–H groups in total. The summed E-state index contributed by atoms with van der Waals surface area (Å²) >= 11 is 0. The normalized spacial score (nSPS) is 50.9. The first-order chi connectivity index (χ1) is 10.4. The van der Waals surface area contributed by atoms with E-state index in [1.165, 1.54) is 7.05 Å². The lowest BCUT2D eigenvalue weighted by Crippen LogP contribution is -2.64. The fraction of sp³-hybridized carbons (Fsp3) is 0.933. The Morgan fingerprint density at radius 3 is 2.23 bits per heavy atom. The monoisotopic (exact) mass is 315 g/mol. The SMILES string of the molecule is CNC(=O)OC1(C2OC(C)C(O)C(O)C2O)CC2CCC2C1. The lowest BCUT2D eigenvalue weighted by molar-refractivity contribution is -0.259. The van der Waals surface area contributed by atoms with Gasteiger partial charge in [0.15, 0.2) is 0 Å². The van der Waals surface area contributed by atoms with Gasteiger partial charge in [-0.25, -0.2) is 4.79 Å². The van der Waals surface area contributed by atoms with Crippen LogP contribution in [0, 0.1) is 11.8 Å². The topological polar surface area (TPSA) is 108 Å². The van der Waals surface area contributed by atoms with Crippen LogP contribution in [-0.2, 0) is 9.47 Å². The minimum Gasteiger partial charge on any atom is -0.440 e. The Morgan fingerprint density at radius 1 is 1.14 bits per heavy atom. The fourth-order valence-electron chi connectivity index (χ4n) is 4.24. The van der Waals surface area contributed by atoms with E-state index in [1.54, 1.807) is 6.92 Å². The molecule has 0 aromatic rings. The van der Waals surface area contributed by atoms with E-state index < -0.39 is 42.2 Å². The molecule has 0 radical (unpaired) electrons. The number of rotatable bonds is 2. The minimum absolute atomic E-state index is 0.472.